The maximum absolute atomic E-state index is 12.9. The second kappa shape index (κ2) is 4.66. The third-order valence-electron chi connectivity index (χ3n) is 2.65. The van der Waals surface area contributed by atoms with Gasteiger partial charge in [-0.25, -0.2) is 12.8 Å². The highest BCUT2D eigenvalue weighted by Gasteiger charge is 2.38. The Bertz CT molecular complexity index is 569. The zero-order chi connectivity index (χ0) is 13.3. The number of hydrogen-bond donors (Lipinski definition) is 1. The number of ether oxygens (including phenoxy) is 1. The number of halogens is 1. The second-order valence-corrected chi connectivity index (χ2v) is 6.25. The minimum absolute atomic E-state index is 0.0218. The standard InChI is InChI=1S/C11H11FO5S/c12-8-1-2-10(7(3-8)4-13)17-11-6-18(15,16)5-9(11)14/h1-4,9,11,14H,5-6H2. The number of carbonyl (C=O) groups excluding carboxylic acids is 1. The molecule has 1 aliphatic heterocycles. The van der Waals surface area contributed by atoms with Crippen molar-refractivity contribution < 1.29 is 27.4 Å². The number of hydrogen-bond acceptors (Lipinski definition) is 5. The normalized spacial score (nSPS) is 25.9. The lowest BCUT2D eigenvalue weighted by atomic mass is 10.2. The van der Waals surface area contributed by atoms with Crippen LogP contribution in [0.4, 0.5) is 4.39 Å². The van der Waals surface area contributed by atoms with Crippen LogP contribution in [-0.2, 0) is 9.84 Å². The van der Waals surface area contributed by atoms with E-state index in [9.17, 15) is 22.7 Å². The Hall–Kier alpha value is -1.47. The highest BCUT2D eigenvalue weighted by molar-refractivity contribution is 7.91. The molecule has 1 N–H and O–H groups in total. The van der Waals surface area contributed by atoms with Gasteiger partial charge in [-0.15, -0.1) is 0 Å². The van der Waals surface area contributed by atoms with Crippen LogP contribution >= 0.6 is 0 Å². The van der Waals surface area contributed by atoms with E-state index in [0.717, 1.165) is 12.1 Å². The van der Waals surface area contributed by atoms with E-state index in [-0.39, 0.29) is 22.8 Å². The van der Waals surface area contributed by atoms with Gasteiger partial charge in [0.05, 0.1) is 17.1 Å². The highest BCUT2D eigenvalue weighted by atomic mass is 32.2. The maximum atomic E-state index is 12.9. The average Bonchev–Trinajstić information content (AvgIpc) is 2.54. The van der Waals surface area contributed by atoms with E-state index in [1.807, 2.05) is 0 Å². The van der Waals surface area contributed by atoms with Crippen molar-refractivity contribution in [1.29, 1.82) is 0 Å². The van der Waals surface area contributed by atoms with Crippen LogP contribution < -0.4 is 4.74 Å². The molecule has 98 valence electrons. The van der Waals surface area contributed by atoms with Crippen LogP contribution in [0.15, 0.2) is 18.2 Å². The first-order valence-electron chi connectivity index (χ1n) is 5.21. The lowest BCUT2D eigenvalue weighted by Crippen LogP contribution is -2.30. The number of benzene rings is 1. The summed E-state index contributed by atoms with van der Waals surface area (Å²) in [4.78, 5) is 10.7. The second-order valence-electron chi connectivity index (χ2n) is 4.10. The van der Waals surface area contributed by atoms with Crippen molar-refractivity contribution in [2.45, 2.75) is 12.2 Å². The molecule has 0 aliphatic carbocycles. The number of aliphatic hydroxyl groups is 1. The van der Waals surface area contributed by atoms with Crippen LogP contribution in [-0.4, -0.2) is 43.5 Å². The van der Waals surface area contributed by atoms with Crippen molar-refractivity contribution >= 4 is 16.1 Å². The fraction of sp³-hybridized carbons (Fsp3) is 0.364. The van der Waals surface area contributed by atoms with Gasteiger partial charge < -0.3 is 9.84 Å². The van der Waals surface area contributed by atoms with Gasteiger partial charge in [0.15, 0.2) is 16.1 Å². The molecule has 1 aromatic rings. The van der Waals surface area contributed by atoms with Gasteiger partial charge in [-0.3, -0.25) is 4.79 Å². The van der Waals surface area contributed by atoms with Gasteiger partial charge >= 0.3 is 0 Å². The molecule has 0 saturated carbocycles. The van der Waals surface area contributed by atoms with Gasteiger partial charge in [-0.2, -0.15) is 0 Å². The molecule has 1 aliphatic rings. The average molecular weight is 274 g/mol. The summed E-state index contributed by atoms with van der Waals surface area (Å²) in [6.07, 6.45) is -1.66. The Kier molecular flexibility index (Phi) is 3.36. The van der Waals surface area contributed by atoms with E-state index < -0.39 is 27.9 Å². The Morgan fingerprint density at radius 1 is 1.39 bits per heavy atom. The molecule has 18 heavy (non-hydrogen) atoms. The molecular formula is C11H11FO5S. The third-order valence-corrected chi connectivity index (χ3v) is 4.33. The summed E-state index contributed by atoms with van der Waals surface area (Å²) in [7, 11) is -3.33. The smallest absolute Gasteiger partial charge is 0.156 e. The van der Waals surface area contributed by atoms with Crippen LogP contribution in [0.2, 0.25) is 0 Å². The van der Waals surface area contributed by atoms with Gasteiger partial charge in [-0.1, -0.05) is 0 Å². The van der Waals surface area contributed by atoms with Crippen LogP contribution in [0.1, 0.15) is 10.4 Å². The van der Waals surface area contributed by atoms with E-state index in [0.29, 0.717) is 6.29 Å². The maximum Gasteiger partial charge on any atom is 0.156 e. The third kappa shape index (κ3) is 2.68. The summed E-state index contributed by atoms with van der Waals surface area (Å²) >= 11 is 0. The van der Waals surface area contributed by atoms with Crippen molar-refractivity contribution in [1.82, 2.24) is 0 Å². The molecule has 1 aromatic carbocycles. The van der Waals surface area contributed by atoms with Crippen molar-refractivity contribution in [3.63, 3.8) is 0 Å². The molecule has 1 saturated heterocycles. The molecule has 2 rings (SSSR count). The Morgan fingerprint density at radius 3 is 2.67 bits per heavy atom. The predicted octanol–water partition coefficient (Wildman–Crippen LogP) is 0.175. The van der Waals surface area contributed by atoms with Crippen molar-refractivity contribution in [2.24, 2.45) is 0 Å². The van der Waals surface area contributed by atoms with Gasteiger partial charge in [-0.05, 0) is 18.2 Å². The first kappa shape index (κ1) is 13.0. The molecule has 0 spiro atoms. The van der Waals surface area contributed by atoms with Crippen molar-refractivity contribution in [2.75, 3.05) is 11.5 Å². The molecule has 0 radical (unpaired) electrons. The zero-order valence-electron chi connectivity index (χ0n) is 9.24. The molecule has 5 nitrogen and oxygen atoms in total. The summed E-state index contributed by atoms with van der Waals surface area (Å²) in [6, 6.07) is 3.31. The first-order chi connectivity index (χ1) is 8.41. The van der Waals surface area contributed by atoms with Crippen LogP contribution in [0.3, 0.4) is 0 Å². The zero-order valence-corrected chi connectivity index (χ0v) is 10.1. The molecule has 2 atom stereocenters. The minimum Gasteiger partial charge on any atom is -0.486 e. The number of carbonyl (C=O) groups is 1. The van der Waals surface area contributed by atoms with E-state index in [1.54, 1.807) is 0 Å². The largest absolute Gasteiger partial charge is 0.486 e. The van der Waals surface area contributed by atoms with Gasteiger partial charge in [0.1, 0.15) is 23.8 Å². The number of rotatable bonds is 3. The Labute approximate surface area is 103 Å². The monoisotopic (exact) mass is 274 g/mol. The van der Waals surface area contributed by atoms with E-state index >= 15 is 0 Å². The summed E-state index contributed by atoms with van der Waals surface area (Å²) in [5, 5.41) is 9.54. The quantitative estimate of drug-likeness (QED) is 0.795. The number of aliphatic hydroxyl groups excluding tert-OH is 1. The fourth-order valence-corrected chi connectivity index (χ4v) is 3.45. The van der Waals surface area contributed by atoms with Crippen LogP contribution in [0, 0.1) is 5.82 Å². The Morgan fingerprint density at radius 2 is 2.11 bits per heavy atom. The lowest BCUT2D eigenvalue weighted by Gasteiger charge is -2.16. The topological polar surface area (TPSA) is 80.7 Å². The molecular weight excluding hydrogens is 263 g/mol. The van der Waals surface area contributed by atoms with Crippen molar-refractivity contribution in [3.05, 3.63) is 29.6 Å². The summed E-state index contributed by atoms with van der Waals surface area (Å²) in [6.45, 7) is 0. The SMILES string of the molecule is O=Cc1cc(F)ccc1OC1CS(=O)(=O)CC1O. The van der Waals surface area contributed by atoms with Crippen LogP contribution in [0.5, 0.6) is 5.75 Å². The van der Waals surface area contributed by atoms with Gasteiger partial charge in [0.25, 0.3) is 0 Å². The fourth-order valence-electron chi connectivity index (χ4n) is 1.79. The highest BCUT2D eigenvalue weighted by Crippen LogP contribution is 2.23. The molecule has 0 bridgehead atoms. The van der Waals surface area contributed by atoms with Gasteiger partial charge in [0, 0.05) is 0 Å². The molecule has 0 amide bonds. The summed E-state index contributed by atoms with van der Waals surface area (Å²) in [5.41, 5.74) is -0.0218. The molecule has 7 heteroatoms. The molecule has 0 aromatic heterocycles. The van der Waals surface area contributed by atoms with Gasteiger partial charge in [0.2, 0.25) is 0 Å². The first-order valence-corrected chi connectivity index (χ1v) is 7.03. The Balaban J connectivity index is 2.22. The lowest BCUT2D eigenvalue weighted by molar-refractivity contribution is 0.0728. The minimum atomic E-state index is -3.33. The number of sulfone groups is 1. The van der Waals surface area contributed by atoms with E-state index in [2.05, 4.69) is 0 Å². The number of aldehydes is 1. The van der Waals surface area contributed by atoms with E-state index in [1.165, 1.54) is 6.07 Å². The molecule has 2 unspecified atom stereocenters. The molecule has 1 heterocycles. The summed E-state index contributed by atoms with van der Waals surface area (Å²) in [5.74, 6) is -1.21. The van der Waals surface area contributed by atoms with E-state index in [4.69, 9.17) is 4.74 Å². The predicted molar refractivity (Wildman–Crippen MR) is 60.9 cm³/mol. The molecule has 1 fully saturated rings. The summed E-state index contributed by atoms with van der Waals surface area (Å²) < 4.78 is 40.7. The van der Waals surface area contributed by atoms with Crippen molar-refractivity contribution in [3.8, 4) is 5.75 Å². The van der Waals surface area contributed by atoms with Crippen LogP contribution in [0.25, 0.3) is 0 Å².